The largest absolute Gasteiger partial charge is 0.496 e. The number of hydrogen-bond donors (Lipinski definition) is 1. The molecule has 0 aliphatic rings. The molecule has 0 radical (unpaired) electrons. The number of ether oxygens (including phenoxy) is 1. The fourth-order valence-corrected chi connectivity index (χ4v) is 2.09. The highest BCUT2D eigenvalue weighted by Crippen LogP contribution is 2.30. The lowest BCUT2D eigenvalue weighted by atomic mass is 9.99. The van der Waals surface area contributed by atoms with E-state index < -0.39 is 0 Å². The molecule has 3 heteroatoms. The van der Waals surface area contributed by atoms with Gasteiger partial charge in [0.1, 0.15) is 5.75 Å². The maximum atomic E-state index is 5.76. The predicted octanol–water partition coefficient (Wildman–Crippen LogP) is 3.55. The third-order valence-electron chi connectivity index (χ3n) is 2.88. The number of rotatable bonds is 3. The number of hydrogen-bond acceptors (Lipinski definition) is 2. The van der Waals surface area contributed by atoms with Crippen LogP contribution in [0, 0.1) is 6.92 Å². The summed E-state index contributed by atoms with van der Waals surface area (Å²) < 4.78 is 5.38. The highest BCUT2D eigenvalue weighted by atomic mass is 35.5. The molecular formula is C15H18ClNO. The van der Waals surface area contributed by atoms with Crippen molar-refractivity contribution >= 4 is 12.4 Å². The van der Waals surface area contributed by atoms with Gasteiger partial charge in [-0.15, -0.1) is 12.4 Å². The molecule has 0 saturated carbocycles. The Balaban J connectivity index is 0.00000162. The lowest BCUT2D eigenvalue weighted by Crippen LogP contribution is -2.02. The van der Waals surface area contributed by atoms with Crippen molar-refractivity contribution in [2.24, 2.45) is 5.73 Å². The van der Waals surface area contributed by atoms with Gasteiger partial charge in [0.15, 0.2) is 0 Å². The molecule has 0 aliphatic heterocycles. The molecule has 2 N–H and O–H groups in total. The predicted molar refractivity (Wildman–Crippen MR) is 78.3 cm³/mol. The second-order valence-electron chi connectivity index (χ2n) is 4.06. The first-order valence-corrected chi connectivity index (χ1v) is 5.69. The number of methoxy groups -OCH3 is 1. The zero-order chi connectivity index (χ0) is 12.3. The van der Waals surface area contributed by atoms with E-state index in [9.17, 15) is 0 Å². The van der Waals surface area contributed by atoms with Crippen LogP contribution in [0.4, 0.5) is 0 Å². The van der Waals surface area contributed by atoms with Crippen LogP contribution >= 0.6 is 12.4 Å². The van der Waals surface area contributed by atoms with E-state index >= 15 is 0 Å². The third-order valence-corrected chi connectivity index (χ3v) is 2.88. The first-order valence-electron chi connectivity index (χ1n) is 5.69. The van der Waals surface area contributed by atoms with Gasteiger partial charge in [-0.25, -0.2) is 0 Å². The van der Waals surface area contributed by atoms with Gasteiger partial charge < -0.3 is 10.5 Å². The summed E-state index contributed by atoms with van der Waals surface area (Å²) in [4.78, 5) is 0. The summed E-state index contributed by atoms with van der Waals surface area (Å²) in [5, 5.41) is 0. The van der Waals surface area contributed by atoms with Gasteiger partial charge in [0, 0.05) is 12.1 Å². The van der Waals surface area contributed by atoms with Crippen LogP contribution in [0.25, 0.3) is 11.1 Å². The van der Waals surface area contributed by atoms with Gasteiger partial charge in [-0.1, -0.05) is 30.3 Å². The van der Waals surface area contributed by atoms with E-state index in [2.05, 4.69) is 24.3 Å². The molecule has 0 heterocycles. The first-order chi connectivity index (χ1) is 8.26. The van der Waals surface area contributed by atoms with Crippen molar-refractivity contribution in [1.29, 1.82) is 0 Å². The standard InChI is InChI=1S/C15H17NO.ClH/c1-11-8-13(12-6-4-3-5-7-12)9-14(10-16)15(11)17-2;/h3-9H,10,16H2,1-2H3;1H. The van der Waals surface area contributed by atoms with Crippen molar-refractivity contribution in [1.82, 2.24) is 0 Å². The van der Waals surface area contributed by atoms with Crippen LogP contribution in [0.5, 0.6) is 5.75 Å². The second kappa shape index (κ2) is 6.43. The van der Waals surface area contributed by atoms with E-state index in [4.69, 9.17) is 10.5 Å². The van der Waals surface area contributed by atoms with E-state index in [0.29, 0.717) is 6.54 Å². The Hall–Kier alpha value is -1.51. The molecule has 0 spiro atoms. The molecule has 2 aromatic rings. The normalized spacial score (nSPS) is 9.72. The fourth-order valence-electron chi connectivity index (χ4n) is 2.09. The zero-order valence-corrected chi connectivity index (χ0v) is 11.5. The Bertz CT molecular complexity index is 511. The molecule has 0 aliphatic carbocycles. The maximum absolute atomic E-state index is 5.76. The van der Waals surface area contributed by atoms with Crippen LogP contribution in [0.3, 0.4) is 0 Å². The van der Waals surface area contributed by atoms with E-state index in [1.165, 1.54) is 11.1 Å². The second-order valence-corrected chi connectivity index (χ2v) is 4.06. The number of benzene rings is 2. The minimum absolute atomic E-state index is 0. The fraction of sp³-hybridized carbons (Fsp3) is 0.200. The van der Waals surface area contributed by atoms with E-state index in [1.54, 1.807) is 7.11 Å². The van der Waals surface area contributed by atoms with Crippen molar-refractivity contribution in [3.8, 4) is 16.9 Å². The van der Waals surface area contributed by atoms with Gasteiger partial charge in [-0.2, -0.15) is 0 Å². The molecule has 2 aromatic carbocycles. The number of aryl methyl sites for hydroxylation is 1. The van der Waals surface area contributed by atoms with Crippen molar-refractivity contribution in [2.75, 3.05) is 7.11 Å². The van der Waals surface area contributed by atoms with E-state index in [-0.39, 0.29) is 12.4 Å². The topological polar surface area (TPSA) is 35.2 Å². The minimum Gasteiger partial charge on any atom is -0.496 e. The van der Waals surface area contributed by atoms with Gasteiger partial charge in [-0.3, -0.25) is 0 Å². The Morgan fingerprint density at radius 3 is 2.28 bits per heavy atom. The Morgan fingerprint density at radius 1 is 1.06 bits per heavy atom. The molecule has 2 nitrogen and oxygen atoms in total. The van der Waals surface area contributed by atoms with Crippen molar-refractivity contribution in [3.05, 3.63) is 53.6 Å². The summed E-state index contributed by atoms with van der Waals surface area (Å²) in [5.74, 6) is 0.896. The Labute approximate surface area is 114 Å². The molecule has 96 valence electrons. The van der Waals surface area contributed by atoms with Gasteiger partial charge in [0.2, 0.25) is 0 Å². The van der Waals surface area contributed by atoms with Crippen molar-refractivity contribution in [3.63, 3.8) is 0 Å². The summed E-state index contributed by atoms with van der Waals surface area (Å²) in [7, 11) is 1.68. The molecular weight excluding hydrogens is 246 g/mol. The lowest BCUT2D eigenvalue weighted by molar-refractivity contribution is 0.407. The Kier molecular flexibility index (Phi) is 5.20. The average Bonchev–Trinajstić information content (AvgIpc) is 2.38. The van der Waals surface area contributed by atoms with Crippen molar-refractivity contribution in [2.45, 2.75) is 13.5 Å². The third kappa shape index (κ3) is 2.84. The van der Waals surface area contributed by atoms with Crippen LogP contribution in [-0.2, 0) is 6.54 Å². The summed E-state index contributed by atoms with van der Waals surface area (Å²) in [6.45, 7) is 2.54. The molecule has 0 bridgehead atoms. The molecule has 0 unspecified atom stereocenters. The van der Waals surface area contributed by atoms with Gasteiger partial charge >= 0.3 is 0 Å². The summed E-state index contributed by atoms with van der Waals surface area (Å²) in [6.07, 6.45) is 0. The monoisotopic (exact) mass is 263 g/mol. The molecule has 0 fully saturated rings. The van der Waals surface area contributed by atoms with Crippen LogP contribution in [0.15, 0.2) is 42.5 Å². The van der Waals surface area contributed by atoms with Crippen LogP contribution in [-0.4, -0.2) is 7.11 Å². The van der Waals surface area contributed by atoms with E-state index in [1.807, 2.05) is 25.1 Å². The number of halogens is 1. The highest BCUT2D eigenvalue weighted by molar-refractivity contribution is 5.85. The van der Waals surface area contributed by atoms with Crippen LogP contribution in [0.1, 0.15) is 11.1 Å². The maximum Gasteiger partial charge on any atom is 0.126 e. The highest BCUT2D eigenvalue weighted by Gasteiger charge is 2.08. The lowest BCUT2D eigenvalue weighted by Gasteiger charge is -2.13. The van der Waals surface area contributed by atoms with Crippen LogP contribution < -0.4 is 10.5 Å². The smallest absolute Gasteiger partial charge is 0.126 e. The minimum atomic E-state index is 0. The van der Waals surface area contributed by atoms with Gasteiger partial charge in [-0.05, 0) is 35.7 Å². The van der Waals surface area contributed by atoms with Gasteiger partial charge in [0.05, 0.1) is 7.11 Å². The van der Waals surface area contributed by atoms with E-state index in [0.717, 1.165) is 16.9 Å². The average molecular weight is 264 g/mol. The van der Waals surface area contributed by atoms with Crippen molar-refractivity contribution < 1.29 is 4.74 Å². The molecule has 0 aromatic heterocycles. The molecule has 0 atom stereocenters. The summed E-state index contributed by atoms with van der Waals surface area (Å²) >= 11 is 0. The van der Waals surface area contributed by atoms with Crippen LogP contribution in [0.2, 0.25) is 0 Å². The first kappa shape index (κ1) is 14.6. The summed E-state index contributed by atoms with van der Waals surface area (Å²) in [6, 6.07) is 14.5. The molecule has 18 heavy (non-hydrogen) atoms. The molecule has 2 rings (SSSR count). The van der Waals surface area contributed by atoms with Gasteiger partial charge in [0.25, 0.3) is 0 Å². The zero-order valence-electron chi connectivity index (χ0n) is 10.6. The Morgan fingerprint density at radius 2 is 1.72 bits per heavy atom. The SMILES string of the molecule is COc1c(C)cc(-c2ccccc2)cc1CN.Cl. The molecule has 0 amide bonds. The summed E-state index contributed by atoms with van der Waals surface area (Å²) in [5.41, 5.74) is 10.3. The number of nitrogens with two attached hydrogens (primary N) is 1. The molecule has 0 saturated heterocycles. The quantitative estimate of drug-likeness (QED) is 0.919.